The van der Waals surface area contributed by atoms with Crippen LogP contribution >= 0.6 is 0 Å². The normalized spacial score (nSPS) is 22.7. The molecule has 1 unspecified atom stereocenters. The van der Waals surface area contributed by atoms with E-state index in [2.05, 4.69) is 22.3 Å². The second-order valence-electron chi connectivity index (χ2n) is 9.85. The van der Waals surface area contributed by atoms with E-state index in [0.717, 1.165) is 54.0 Å². The Kier molecular flexibility index (Phi) is 5.68. The fourth-order valence-corrected chi connectivity index (χ4v) is 4.30. The van der Waals surface area contributed by atoms with Gasteiger partial charge in [-0.1, -0.05) is 30.3 Å². The highest BCUT2D eigenvalue weighted by Crippen LogP contribution is 2.35. The Bertz CT molecular complexity index is 985. The largest absolute Gasteiger partial charge is 0.493 e. The number of ether oxygens (including phenoxy) is 1. The van der Waals surface area contributed by atoms with Crippen LogP contribution in [0.25, 0.3) is 0 Å². The first kappa shape index (κ1) is 21.4. The summed E-state index contributed by atoms with van der Waals surface area (Å²) in [5.41, 5.74) is 9.28. The zero-order chi connectivity index (χ0) is 22.3. The molecule has 2 fully saturated rings. The number of carbonyl (C=O) groups excluding carboxylic acids is 1. The summed E-state index contributed by atoms with van der Waals surface area (Å²) in [6.07, 6.45) is 2.99. The molecule has 0 spiro atoms. The van der Waals surface area contributed by atoms with Crippen LogP contribution in [0.1, 0.15) is 67.1 Å². The molecule has 1 heterocycles. The minimum Gasteiger partial charge on any atom is -0.493 e. The number of rotatable bonds is 8. The van der Waals surface area contributed by atoms with Crippen LogP contribution in [-0.4, -0.2) is 29.5 Å². The number of nitrogens with two attached hydrogens (primary N) is 1. The van der Waals surface area contributed by atoms with Gasteiger partial charge in [-0.3, -0.25) is 9.69 Å². The SMILES string of the molecule is C[C@H](NC(=O)C1(N)CC1)c1ccc(CN2Cc3ccc(OCC4CC4)cc3C(F)C2)cc1. The lowest BCUT2D eigenvalue weighted by atomic mass is 9.97. The Morgan fingerprint density at radius 3 is 2.69 bits per heavy atom. The first-order valence-corrected chi connectivity index (χ1v) is 11.7. The van der Waals surface area contributed by atoms with Crippen molar-refractivity contribution < 1.29 is 13.9 Å². The van der Waals surface area contributed by atoms with Gasteiger partial charge in [0, 0.05) is 19.6 Å². The maximum Gasteiger partial charge on any atom is 0.240 e. The molecule has 170 valence electrons. The summed E-state index contributed by atoms with van der Waals surface area (Å²) in [6.45, 7) is 4.51. The standard InChI is InChI=1S/C26H32FN3O2/c1-17(29-25(31)26(28)10-11-26)20-6-4-18(5-7-20)13-30-14-21-8-9-22(32-16-19-2-3-19)12-23(21)24(27)15-30/h4-9,12,17,19,24H,2-3,10-11,13-16,28H2,1H3,(H,29,31)/t17-,24?/m0/s1. The van der Waals surface area contributed by atoms with Gasteiger partial charge in [-0.25, -0.2) is 4.39 Å². The molecule has 0 saturated heterocycles. The number of nitrogens with zero attached hydrogens (tertiary/aromatic N) is 1. The minimum absolute atomic E-state index is 0.0730. The van der Waals surface area contributed by atoms with Crippen molar-refractivity contribution in [3.8, 4) is 5.75 Å². The van der Waals surface area contributed by atoms with Gasteiger partial charge in [-0.15, -0.1) is 0 Å². The second kappa shape index (κ2) is 8.49. The van der Waals surface area contributed by atoms with Crippen molar-refractivity contribution in [3.05, 3.63) is 64.7 Å². The Balaban J connectivity index is 1.18. The van der Waals surface area contributed by atoms with Crippen LogP contribution in [0, 0.1) is 5.92 Å². The van der Waals surface area contributed by atoms with E-state index in [1.165, 1.54) is 12.8 Å². The van der Waals surface area contributed by atoms with Gasteiger partial charge in [0.25, 0.3) is 0 Å². The van der Waals surface area contributed by atoms with Crippen molar-refractivity contribution in [3.63, 3.8) is 0 Å². The molecule has 2 atom stereocenters. The summed E-state index contributed by atoms with van der Waals surface area (Å²) in [5, 5.41) is 3.01. The molecule has 5 rings (SSSR count). The number of halogens is 1. The van der Waals surface area contributed by atoms with Gasteiger partial charge in [-0.05, 0) is 72.9 Å². The van der Waals surface area contributed by atoms with E-state index in [0.29, 0.717) is 19.0 Å². The van der Waals surface area contributed by atoms with E-state index in [9.17, 15) is 9.18 Å². The number of carbonyl (C=O) groups is 1. The maximum atomic E-state index is 15.0. The molecular weight excluding hydrogens is 405 g/mol. The van der Waals surface area contributed by atoms with Gasteiger partial charge < -0.3 is 15.8 Å². The highest BCUT2D eigenvalue weighted by Gasteiger charge is 2.46. The van der Waals surface area contributed by atoms with Gasteiger partial charge in [0.2, 0.25) is 5.91 Å². The van der Waals surface area contributed by atoms with Crippen LogP contribution in [0.2, 0.25) is 0 Å². The molecule has 0 radical (unpaired) electrons. The van der Waals surface area contributed by atoms with Crippen LogP contribution in [0.5, 0.6) is 5.75 Å². The maximum absolute atomic E-state index is 15.0. The van der Waals surface area contributed by atoms with Crippen molar-refractivity contribution in [2.75, 3.05) is 13.2 Å². The molecule has 0 aromatic heterocycles. The molecule has 1 aliphatic heterocycles. The van der Waals surface area contributed by atoms with Crippen molar-refractivity contribution >= 4 is 5.91 Å². The summed E-state index contributed by atoms with van der Waals surface area (Å²) in [4.78, 5) is 14.3. The van der Waals surface area contributed by atoms with Crippen molar-refractivity contribution in [2.24, 2.45) is 11.7 Å². The summed E-state index contributed by atoms with van der Waals surface area (Å²) in [6, 6.07) is 14.0. The zero-order valence-corrected chi connectivity index (χ0v) is 18.6. The predicted molar refractivity (Wildman–Crippen MR) is 122 cm³/mol. The average molecular weight is 438 g/mol. The number of fused-ring (bicyclic) bond motifs is 1. The third-order valence-electron chi connectivity index (χ3n) is 6.92. The van der Waals surface area contributed by atoms with Crippen molar-refractivity contribution in [1.82, 2.24) is 10.2 Å². The van der Waals surface area contributed by atoms with E-state index in [-0.39, 0.29) is 11.9 Å². The molecule has 2 saturated carbocycles. The number of hydrogen-bond acceptors (Lipinski definition) is 4. The summed E-state index contributed by atoms with van der Waals surface area (Å²) >= 11 is 0. The highest BCUT2D eigenvalue weighted by atomic mass is 19.1. The number of benzene rings is 2. The molecule has 32 heavy (non-hydrogen) atoms. The molecule has 3 aliphatic rings. The lowest BCUT2D eigenvalue weighted by molar-refractivity contribution is -0.123. The number of amides is 1. The molecule has 2 aliphatic carbocycles. The van der Waals surface area contributed by atoms with Gasteiger partial charge in [0.1, 0.15) is 11.9 Å². The van der Waals surface area contributed by atoms with E-state index in [1.807, 2.05) is 37.3 Å². The van der Waals surface area contributed by atoms with Crippen LogP contribution in [-0.2, 0) is 17.9 Å². The fraction of sp³-hybridized carbons (Fsp3) is 0.500. The molecule has 0 bridgehead atoms. The molecule has 6 heteroatoms. The zero-order valence-electron chi connectivity index (χ0n) is 18.6. The molecule has 5 nitrogen and oxygen atoms in total. The van der Waals surface area contributed by atoms with Crippen LogP contribution < -0.4 is 15.8 Å². The third kappa shape index (κ3) is 4.81. The van der Waals surface area contributed by atoms with E-state index >= 15 is 0 Å². The van der Waals surface area contributed by atoms with Crippen molar-refractivity contribution in [1.29, 1.82) is 0 Å². The Morgan fingerprint density at radius 2 is 2.00 bits per heavy atom. The Hall–Kier alpha value is -2.44. The van der Waals surface area contributed by atoms with E-state index in [4.69, 9.17) is 10.5 Å². The average Bonchev–Trinajstić information content (AvgIpc) is 3.71. The van der Waals surface area contributed by atoms with E-state index in [1.54, 1.807) is 0 Å². The van der Waals surface area contributed by atoms with E-state index < -0.39 is 11.7 Å². The van der Waals surface area contributed by atoms with Crippen LogP contribution in [0.3, 0.4) is 0 Å². The van der Waals surface area contributed by atoms with Crippen LogP contribution in [0.4, 0.5) is 4.39 Å². The highest BCUT2D eigenvalue weighted by molar-refractivity contribution is 5.89. The molecule has 2 aromatic rings. The quantitative estimate of drug-likeness (QED) is 0.651. The van der Waals surface area contributed by atoms with Gasteiger partial charge in [-0.2, -0.15) is 0 Å². The smallest absolute Gasteiger partial charge is 0.240 e. The van der Waals surface area contributed by atoms with Crippen LogP contribution in [0.15, 0.2) is 42.5 Å². The summed E-state index contributed by atoms with van der Waals surface area (Å²) in [5.74, 6) is 1.39. The number of nitrogens with one attached hydrogen (secondary N) is 1. The summed E-state index contributed by atoms with van der Waals surface area (Å²) < 4.78 is 20.8. The lowest BCUT2D eigenvalue weighted by Crippen LogP contribution is -2.43. The van der Waals surface area contributed by atoms with Gasteiger partial charge in [0.15, 0.2) is 0 Å². The molecule has 1 amide bonds. The molecule has 3 N–H and O–H groups in total. The Labute approximate surface area is 189 Å². The molecule has 2 aromatic carbocycles. The number of hydrogen-bond donors (Lipinski definition) is 2. The molecular formula is C26H32FN3O2. The Morgan fingerprint density at radius 1 is 1.25 bits per heavy atom. The van der Waals surface area contributed by atoms with Crippen molar-refractivity contribution in [2.45, 2.75) is 63.4 Å². The topological polar surface area (TPSA) is 67.6 Å². The minimum atomic E-state index is -1.01. The number of alkyl halides is 1. The predicted octanol–water partition coefficient (Wildman–Crippen LogP) is 4.17. The van der Waals surface area contributed by atoms with Gasteiger partial charge in [0.05, 0.1) is 18.2 Å². The first-order chi connectivity index (χ1) is 15.4. The fourth-order valence-electron chi connectivity index (χ4n) is 4.30. The summed E-state index contributed by atoms with van der Waals surface area (Å²) in [7, 11) is 0. The third-order valence-corrected chi connectivity index (χ3v) is 6.92. The lowest BCUT2D eigenvalue weighted by Gasteiger charge is -2.31. The monoisotopic (exact) mass is 437 g/mol. The first-order valence-electron chi connectivity index (χ1n) is 11.7. The second-order valence-corrected chi connectivity index (χ2v) is 9.85. The van der Waals surface area contributed by atoms with Gasteiger partial charge >= 0.3 is 0 Å².